The Kier molecular flexibility index (Phi) is 6.02. The van der Waals surface area contributed by atoms with Crippen LogP contribution >= 0.6 is 0 Å². The van der Waals surface area contributed by atoms with E-state index in [2.05, 4.69) is 5.32 Å². The second kappa shape index (κ2) is 9.12. The van der Waals surface area contributed by atoms with Gasteiger partial charge in [-0.25, -0.2) is 4.79 Å². The van der Waals surface area contributed by atoms with E-state index in [1.165, 1.54) is 37.7 Å². The molecule has 0 bridgehead atoms. The summed E-state index contributed by atoms with van der Waals surface area (Å²) in [6.07, 6.45) is 6.94. The van der Waals surface area contributed by atoms with Crippen molar-refractivity contribution in [2.45, 2.75) is 56.9 Å². The van der Waals surface area contributed by atoms with Gasteiger partial charge in [0, 0.05) is 12.0 Å². The Morgan fingerprint density at radius 1 is 0.971 bits per heavy atom. The quantitative estimate of drug-likeness (QED) is 0.521. The third-order valence-corrected chi connectivity index (χ3v) is 7.21. The van der Waals surface area contributed by atoms with E-state index in [0.717, 1.165) is 11.3 Å². The molecular formula is C27H30N2O5. The zero-order valence-electron chi connectivity index (χ0n) is 19.5. The number of rotatable bonds is 5. The Bertz CT molecular complexity index is 1110. The Hall–Kier alpha value is -3.35. The van der Waals surface area contributed by atoms with Crippen molar-refractivity contribution < 1.29 is 23.9 Å². The molecule has 0 aromatic heterocycles. The molecule has 2 aromatic rings. The summed E-state index contributed by atoms with van der Waals surface area (Å²) in [5.74, 6) is 0.997. The van der Waals surface area contributed by atoms with Crippen LogP contribution in [0.25, 0.3) is 0 Å². The summed E-state index contributed by atoms with van der Waals surface area (Å²) in [6.45, 7) is 2.44. The molecular weight excluding hydrogens is 432 g/mol. The van der Waals surface area contributed by atoms with Gasteiger partial charge in [-0.3, -0.25) is 14.5 Å². The first kappa shape index (κ1) is 22.4. The summed E-state index contributed by atoms with van der Waals surface area (Å²) in [7, 11) is 0. The highest BCUT2D eigenvalue weighted by Crippen LogP contribution is 2.37. The number of amides is 3. The molecule has 7 heteroatoms. The first-order valence-corrected chi connectivity index (χ1v) is 12.1. The van der Waals surface area contributed by atoms with E-state index < -0.39 is 17.5 Å². The van der Waals surface area contributed by atoms with Crippen LogP contribution in [0, 0.1) is 0 Å². The van der Waals surface area contributed by atoms with Crippen molar-refractivity contribution in [2.24, 2.45) is 0 Å². The molecule has 178 valence electrons. The molecule has 3 amide bonds. The Morgan fingerprint density at radius 3 is 2.41 bits per heavy atom. The van der Waals surface area contributed by atoms with E-state index in [1.807, 2.05) is 24.3 Å². The van der Waals surface area contributed by atoms with Gasteiger partial charge in [-0.1, -0.05) is 49.6 Å². The average molecular weight is 463 g/mol. The van der Waals surface area contributed by atoms with Gasteiger partial charge in [-0.2, -0.15) is 0 Å². The topological polar surface area (TPSA) is 84.9 Å². The van der Waals surface area contributed by atoms with Crippen LogP contribution in [0.4, 0.5) is 4.79 Å². The number of Topliss-reactive ketones (excluding diaryl/α,β-unsaturated/α-hetero) is 1. The number of carbonyl (C=O) groups is 3. The molecule has 1 atom stereocenters. The molecule has 34 heavy (non-hydrogen) atoms. The summed E-state index contributed by atoms with van der Waals surface area (Å²) in [5, 5.41) is 2.77. The lowest BCUT2D eigenvalue weighted by atomic mass is 9.84. The van der Waals surface area contributed by atoms with Crippen LogP contribution in [0.1, 0.15) is 72.9 Å². The summed E-state index contributed by atoms with van der Waals surface area (Å²) in [4.78, 5) is 40.0. The van der Waals surface area contributed by atoms with Gasteiger partial charge in [-0.15, -0.1) is 0 Å². The number of nitrogens with one attached hydrogen (secondary N) is 1. The first-order valence-electron chi connectivity index (χ1n) is 12.1. The van der Waals surface area contributed by atoms with E-state index in [9.17, 15) is 14.4 Å². The molecule has 2 fully saturated rings. The highest BCUT2D eigenvalue weighted by molar-refractivity contribution is 6.11. The van der Waals surface area contributed by atoms with Crippen molar-refractivity contribution in [2.75, 3.05) is 19.8 Å². The second-order valence-corrected chi connectivity index (χ2v) is 9.54. The lowest BCUT2D eigenvalue weighted by Gasteiger charge is -2.23. The van der Waals surface area contributed by atoms with E-state index in [0.29, 0.717) is 41.8 Å². The molecule has 3 aliphatic rings. The fraction of sp³-hybridized carbons (Fsp3) is 0.444. The highest BCUT2D eigenvalue weighted by atomic mass is 16.5. The molecule has 1 N–H and O–H groups in total. The monoisotopic (exact) mass is 462 g/mol. The van der Waals surface area contributed by atoms with Gasteiger partial charge in [0.05, 0.1) is 19.8 Å². The molecule has 7 nitrogen and oxygen atoms in total. The van der Waals surface area contributed by atoms with Crippen molar-refractivity contribution in [1.82, 2.24) is 10.2 Å². The Morgan fingerprint density at radius 2 is 1.68 bits per heavy atom. The minimum absolute atomic E-state index is 0.262. The van der Waals surface area contributed by atoms with Crippen molar-refractivity contribution >= 4 is 17.7 Å². The zero-order valence-corrected chi connectivity index (χ0v) is 19.5. The molecule has 2 aromatic carbocycles. The summed E-state index contributed by atoms with van der Waals surface area (Å²) in [5.41, 5.74) is 1.06. The maximum Gasteiger partial charge on any atom is 0.325 e. The van der Waals surface area contributed by atoms with Crippen LogP contribution in [0.5, 0.6) is 11.5 Å². The average Bonchev–Trinajstić information content (AvgIpc) is 3.02. The number of hydrogen-bond acceptors (Lipinski definition) is 5. The standard InChI is InChI=1S/C27H30N2O5/c1-27(21-12-13-23-24(16-21)34-15-5-14-33-23)25(31)29(26(32)28-27)17-22(30)20-10-8-19(9-11-20)18-6-3-2-4-7-18/h8-13,16,18H,2-7,14-15,17H2,1H3,(H,28,32)/t27-/m0/s1. The number of carbonyl (C=O) groups excluding carboxylic acids is 3. The van der Waals surface area contributed by atoms with Gasteiger partial charge >= 0.3 is 6.03 Å². The molecule has 0 radical (unpaired) electrons. The van der Waals surface area contributed by atoms with Crippen LogP contribution in [0.3, 0.4) is 0 Å². The number of ether oxygens (including phenoxy) is 2. The Balaban J connectivity index is 1.30. The number of fused-ring (bicyclic) bond motifs is 1. The minimum atomic E-state index is -1.28. The molecule has 2 aliphatic heterocycles. The fourth-order valence-electron chi connectivity index (χ4n) is 5.12. The van der Waals surface area contributed by atoms with E-state index in [4.69, 9.17) is 9.47 Å². The van der Waals surface area contributed by atoms with Gasteiger partial charge in [0.2, 0.25) is 0 Å². The number of imide groups is 1. The summed E-state index contributed by atoms with van der Waals surface area (Å²) in [6, 6.07) is 12.3. The van der Waals surface area contributed by atoms with E-state index >= 15 is 0 Å². The van der Waals surface area contributed by atoms with Crippen molar-refractivity contribution in [3.63, 3.8) is 0 Å². The molecule has 0 unspecified atom stereocenters. The predicted molar refractivity (Wildman–Crippen MR) is 126 cm³/mol. The number of benzene rings is 2. The van der Waals surface area contributed by atoms with Crippen molar-refractivity contribution in [3.05, 3.63) is 59.2 Å². The van der Waals surface area contributed by atoms with Gasteiger partial charge in [0.25, 0.3) is 5.91 Å². The second-order valence-electron chi connectivity index (χ2n) is 9.54. The normalized spacial score (nSPS) is 22.9. The number of urea groups is 1. The van der Waals surface area contributed by atoms with E-state index in [-0.39, 0.29) is 12.3 Å². The number of hydrogen-bond donors (Lipinski definition) is 1. The molecule has 1 saturated carbocycles. The maximum absolute atomic E-state index is 13.3. The summed E-state index contributed by atoms with van der Waals surface area (Å²) < 4.78 is 11.4. The van der Waals surface area contributed by atoms with Crippen molar-refractivity contribution in [1.29, 1.82) is 0 Å². The number of nitrogens with zero attached hydrogens (tertiary/aromatic N) is 1. The SMILES string of the molecule is C[C@@]1(c2ccc3c(c2)OCCCO3)NC(=O)N(CC(=O)c2ccc(C3CCCCC3)cc2)C1=O. The first-order chi connectivity index (χ1) is 16.5. The molecule has 1 saturated heterocycles. The smallest absolute Gasteiger partial charge is 0.325 e. The molecule has 0 spiro atoms. The third-order valence-electron chi connectivity index (χ3n) is 7.21. The van der Waals surface area contributed by atoms with Crippen LogP contribution in [0.15, 0.2) is 42.5 Å². The van der Waals surface area contributed by atoms with Crippen LogP contribution < -0.4 is 14.8 Å². The van der Waals surface area contributed by atoms with Crippen LogP contribution in [0.2, 0.25) is 0 Å². The van der Waals surface area contributed by atoms with Gasteiger partial charge in [-0.05, 0) is 48.9 Å². The molecule has 1 aliphatic carbocycles. The largest absolute Gasteiger partial charge is 0.490 e. The van der Waals surface area contributed by atoms with Gasteiger partial charge in [0.1, 0.15) is 5.54 Å². The lowest BCUT2D eigenvalue weighted by molar-refractivity contribution is -0.130. The van der Waals surface area contributed by atoms with Crippen LogP contribution in [-0.4, -0.2) is 42.4 Å². The number of ketones is 1. The molecule has 2 heterocycles. The fourth-order valence-corrected chi connectivity index (χ4v) is 5.12. The minimum Gasteiger partial charge on any atom is -0.490 e. The Labute approximate surface area is 199 Å². The van der Waals surface area contributed by atoms with E-state index in [1.54, 1.807) is 25.1 Å². The van der Waals surface area contributed by atoms with Gasteiger partial charge in [0.15, 0.2) is 17.3 Å². The zero-order chi connectivity index (χ0) is 23.7. The lowest BCUT2D eigenvalue weighted by Crippen LogP contribution is -2.41. The molecule has 5 rings (SSSR count). The summed E-state index contributed by atoms with van der Waals surface area (Å²) >= 11 is 0. The highest BCUT2D eigenvalue weighted by Gasteiger charge is 2.49. The van der Waals surface area contributed by atoms with Crippen molar-refractivity contribution in [3.8, 4) is 11.5 Å². The third kappa shape index (κ3) is 4.15. The van der Waals surface area contributed by atoms with Crippen LogP contribution in [-0.2, 0) is 10.3 Å². The van der Waals surface area contributed by atoms with Gasteiger partial charge < -0.3 is 14.8 Å². The predicted octanol–water partition coefficient (Wildman–Crippen LogP) is 4.55. The maximum atomic E-state index is 13.3.